The number of anilines is 2. The van der Waals surface area contributed by atoms with Crippen molar-refractivity contribution < 1.29 is 14.3 Å². The number of amides is 1. The van der Waals surface area contributed by atoms with E-state index in [4.69, 9.17) is 14.6 Å². The molecule has 2 aromatic heterocycles. The summed E-state index contributed by atoms with van der Waals surface area (Å²) in [4.78, 5) is 24.9. The third kappa shape index (κ3) is 4.81. The Labute approximate surface area is 189 Å². The molecule has 1 amide bonds. The number of hydrogen-bond donors (Lipinski definition) is 0. The van der Waals surface area contributed by atoms with Crippen LogP contribution < -0.4 is 9.64 Å². The Morgan fingerprint density at radius 2 is 1.97 bits per heavy atom. The van der Waals surface area contributed by atoms with Crippen molar-refractivity contribution >= 4 is 17.7 Å². The van der Waals surface area contributed by atoms with Gasteiger partial charge in [-0.2, -0.15) is 5.10 Å². The van der Waals surface area contributed by atoms with Gasteiger partial charge in [-0.3, -0.25) is 4.68 Å². The molecule has 2 aliphatic rings. The molecule has 0 spiro atoms. The molecule has 0 radical (unpaired) electrons. The van der Waals surface area contributed by atoms with E-state index in [1.165, 1.54) is 24.1 Å². The number of ether oxygens (including phenoxy) is 2. The van der Waals surface area contributed by atoms with Crippen molar-refractivity contribution in [2.45, 2.75) is 71.5 Å². The van der Waals surface area contributed by atoms with Crippen LogP contribution in [0.5, 0.6) is 5.88 Å². The fraction of sp³-hybridized carbons (Fsp3) is 0.652. The van der Waals surface area contributed by atoms with Crippen LogP contribution in [-0.2, 0) is 24.6 Å². The number of hydrogen-bond acceptors (Lipinski definition) is 7. The van der Waals surface area contributed by atoms with Gasteiger partial charge in [-0.15, -0.1) is 0 Å². The van der Waals surface area contributed by atoms with Gasteiger partial charge in [-0.25, -0.2) is 14.8 Å². The third-order valence-corrected chi connectivity index (χ3v) is 6.09. The first-order valence-corrected chi connectivity index (χ1v) is 11.7. The van der Waals surface area contributed by atoms with Crippen molar-refractivity contribution in [3.63, 3.8) is 0 Å². The van der Waals surface area contributed by atoms with Crippen LogP contribution in [0.15, 0.2) is 12.4 Å². The molecule has 0 unspecified atom stereocenters. The Morgan fingerprint density at radius 1 is 1.22 bits per heavy atom. The predicted molar refractivity (Wildman–Crippen MR) is 121 cm³/mol. The summed E-state index contributed by atoms with van der Waals surface area (Å²) in [6.07, 6.45) is 7.22. The lowest BCUT2D eigenvalue weighted by atomic mass is 9.97. The van der Waals surface area contributed by atoms with E-state index in [2.05, 4.69) is 21.8 Å². The number of aromatic nitrogens is 4. The molecule has 174 valence electrons. The topological polar surface area (TPSA) is 85.6 Å². The molecule has 4 rings (SSSR count). The summed E-state index contributed by atoms with van der Waals surface area (Å²) in [7, 11) is 2.01. The summed E-state index contributed by atoms with van der Waals surface area (Å²) < 4.78 is 13.5. The van der Waals surface area contributed by atoms with E-state index >= 15 is 0 Å². The summed E-state index contributed by atoms with van der Waals surface area (Å²) in [6, 6.07) is 1.91. The maximum absolute atomic E-state index is 12.1. The molecule has 1 aliphatic carbocycles. The van der Waals surface area contributed by atoms with E-state index in [1.54, 1.807) is 11.2 Å². The van der Waals surface area contributed by atoms with Crippen LogP contribution in [0.3, 0.4) is 0 Å². The molecule has 3 heterocycles. The van der Waals surface area contributed by atoms with E-state index in [1.807, 2.05) is 31.6 Å². The van der Waals surface area contributed by atoms with Crippen molar-refractivity contribution in [3.05, 3.63) is 23.7 Å². The quantitative estimate of drug-likeness (QED) is 0.675. The van der Waals surface area contributed by atoms with E-state index < -0.39 is 0 Å². The molecule has 1 fully saturated rings. The molecule has 0 bridgehead atoms. The SMILES string of the molecule is CCN(c1cc(OC2CCN(C(=O)OC(C)C)CC2)ncn1)c1c2c(nn1C)CCCC2. The first kappa shape index (κ1) is 22.4. The standard InChI is InChI=1S/C23H34N6O3/c1-5-29(22-18-8-6-7-9-19(18)26-27(22)4)20-14-21(25-15-24-20)32-17-10-12-28(13-11-17)23(30)31-16(2)3/h14-17H,5-13H2,1-4H3. The highest BCUT2D eigenvalue weighted by Crippen LogP contribution is 2.34. The fourth-order valence-corrected chi connectivity index (χ4v) is 4.57. The normalized spacial score (nSPS) is 16.7. The summed E-state index contributed by atoms with van der Waals surface area (Å²) in [5.74, 6) is 2.49. The number of carbonyl (C=O) groups is 1. The lowest BCUT2D eigenvalue weighted by Crippen LogP contribution is -2.42. The highest BCUT2D eigenvalue weighted by Gasteiger charge is 2.27. The molecular weight excluding hydrogens is 408 g/mol. The Morgan fingerprint density at radius 3 is 2.69 bits per heavy atom. The molecule has 0 N–H and O–H groups in total. The zero-order valence-electron chi connectivity index (χ0n) is 19.6. The van der Waals surface area contributed by atoms with Gasteiger partial charge in [-0.05, 0) is 46.5 Å². The van der Waals surface area contributed by atoms with Crippen LogP contribution >= 0.6 is 0 Å². The second kappa shape index (κ2) is 9.75. The Hall–Kier alpha value is -2.84. The minimum absolute atomic E-state index is 0.0142. The van der Waals surface area contributed by atoms with Gasteiger partial charge in [0.05, 0.1) is 11.8 Å². The maximum atomic E-state index is 12.1. The minimum atomic E-state index is -0.249. The summed E-state index contributed by atoms with van der Waals surface area (Å²) in [5, 5.41) is 4.76. The monoisotopic (exact) mass is 442 g/mol. The summed E-state index contributed by atoms with van der Waals surface area (Å²) in [6.45, 7) is 7.87. The zero-order chi connectivity index (χ0) is 22.7. The van der Waals surface area contributed by atoms with Gasteiger partial charge in [0.15, 0.2) is 0 Å². The fourth-order valence-electron chi connectivity index (χ4n) is 4.57. The van der Waals surface area contributed by atoms with Crippen LogP contribution in [0.4, 0.5) is 16.4 Å². The number of aryl methyl sites for hydroxylation is 2. The molecule has 1 aliphatic heterocycles. The van der Waals surface area contributed by atoms with Gasteiger partial charge in [-0.1, -0.05) is 0 Å². The smallest absolute Gasteiger partial charge is 0.410 e. The minimum Gasteiger partial charge on any atom is -0.474 e. The highest BCUT2D eigenvalue weighted by molar-refractivity contribution is 5.68. The second-order valence-corrected chi connectivity index (χ2v) is 8.78. The number of rotatable bonds is 6. The zero-order valence-corrected chi connectivity index (χ0v) is 19.6. The molecule has 2 aromatic rings. The van der Waals surface area contributed by atoms with Crippen LogP contribution in [0.2, 0.25) is 0 Å². The molecule has 0 aromatic carbocycles. The van der Waals surface area contributed by atoms with E-state index in [9.17, 15) is 4.79 Å². The first-order chi connectivity index (χ1) is 15.5. The van der Waals surface area contributed by atoms with E-state index in [0.29, 0.717) is 19.0 Å². The van der Waals surface area contributed by atoms with Crippen molar-refractivity contribution in [1.29, 1.82) is 0 Å². The van der Waals surface area contributed by atoms with E-state index in [-0.39, 0.29) is 18.3 Å². The van der Waals surface area contributed by atoms with Crippen LogP contribution in [0.1, 0.15) is 57.7 Å². The summed E-state index contributed by atoms with van der Waals surface area (Å²) >= 11 is 0. The molecule has 1 saturated heterocycles. The molecule has 32 heavy (non-hydrogen) atoms. The van der Waals surface area contributed by atoms with Crippen LogP contribution in [-0.4, -0.2) is 62.6 Å². The van der Waals surface area contributed by atoms with Gasteiger partial charge in [0, 0.05) is 51.2 Å². The number of piperidine rings is 1. The first-order valence-electron chi connectivity index (χ1n) is 11.7. The molecule has 9 nitrogen and oxygen atoms in total. The predicted octanol–water partition coefficient (Wildman–Crippen LogP) is 3.64. The van der Waals surface area contributed by atoms with Gasteiger partial charge >= 0.3 is 6.09 Å². The summed E-state index contributed by atoms with van der Waals surface area (Å²) in [5.41, 5.74) is 2.54. The van der Waals surface area contributed by atoms with Crippen LogP contribution in [0.25, 0.3) is 0 Å². The lowest BCUT2D eigenvalue weighted by Gasteiger charge is -2.31. The second-order valence-electron chi connectivity index (χ2n) is 8.78. The van der Waals surface area contributed by atoms with Gasteiger partial charge in [0.2, 0.25) is 5.88 Å². The van der Waals surface area contributed by atoms with E-state index in [0.717, 1.165) is 43.9 Å². The van der Waals surface area contributed by atoms with Gasteiger partial charge in [0.25, 0.3) is 0 Å². The van der Waals surface area contributed by atoms with Crippen molar-refractivity contribution in [2.24, 2.45) is 7.05 Å². The largest absolute Gasteiger partial charge is 0.474 e. The molecule has 9 heteroatoms. The lowest BCUT2D eigenvalue weighted by molar-refractivity contribution is 0.0507. The number of nitrogens with zero attached hydrogens (tertiary/aromatic N) is 6. The van der Waals surface area contributed by atoms with Crippen molar-refractivity contribution in [2.75, 3.05) is 24.5 Å². The molecule has 0 atom stereocenters. The highest BCUT2D eigenvalue weighted by atomic mass is 16.6. The number of carbonyl (C=O) groups excluding carboxylic acids is 1. The van der Waals surface area contributed by atoms with Crippen molar-refractivity contribution in [3.8, 4) is 5.88 Å². The van der Waals surface area contributed by atoms with Gasteiger partial charge < -0.3 is 19.3 Å². The maximum Gasteiger partial charge on any atom is 0.410 e. The van der Waals surface area contributed by atoms with Crippen molar-refractivity contribution in [1.82, 2.24) is 24.6 Å². The molecular formula is C23H34N6O3. The Balaban J connectivity index is 1.44. The third-order valence-electron chi connectivity index (χ3n) is 6.09. The number of likely N-dealkylation sites (tertiary alicyclic amines) is 1. The van der Waals surface area contributed by atoms with Gasteiger partial charge in [0.1, 0.15) is 24.1 Å². The Kier molecular flexibility index (Phi) is 6.81. The van der Waals surface area contributed by atoms with Crippen LogP contribution in [0, 0.1) is 0 Å². The average molecular weight is 443 g/mol. The number of fused-ring (bicyclic) bond motifs is 1. The average Bonchev–Trinajstić information content (AvgIpc) is 3.10. The Bertz CT molecular complexity index is 936. The molecule has 0 saturated carbocycles.